The summed E-state index contributed by atoms with van der Waals surface area (Å²) in [6.07, 6.45) is 2.05. The van der Waals surface area contributed by atoms with E-state index >= 15 is 0 Å². The van der Waals surface area contributed by atoms with Crippen molar-refractivity contribution in [1.29, 1.82) is 0 Å². The summed E-state index contributed by atoms with van der Waals surface area (Å²) in [5, 5.41) is 10.6. The van der Waals surface area contributed by atoms with Gasteiger partial charge in [-0.3, -0.25) is 24.5 Å². The van der Waals surface area contributed by atoms with Crippen molar-refractivity contribution in [2.75, 3.05) is 13.2 Å². The highest BCUT2D eigenvalue weighted by Crippen LogP contribution is 2.14. The van der Waals surface area contributed by atoms with Gasteiger partial charge >= 0.3 is 11.9 Å². The highest BCUT2D eigenvalue weighted by atomic mass is 16.6. The minimum Gasteiger partial charge on any atom is -0.462 e. The molecule has 23 heavy (non-hydrogen) atoms. The van der Waals surface area contributed by atoms with E-state index in [9.17, 15) is 24.5 Å². The predicted octanol–water partition coefficient (Wildman–Crippen LogP) is 1.67. The summed E-state index contributed by atoms with van der Waals surface area (Å²) < 4.78 is 9.27. The van der Waals surface area contributed by atoms with Gasteiger partial charge in [-0.15, -0.1) is 0 Å². The van der Waals surface area contributed by atoms with E-state index in [1.807, 2.05) is 0 Å². The molecule has 1 aromatic carbocycles. The van der Waals surface area contributed by atoms with Crippen LogP contribution >= 0.6 is 0 Å². The number of non-ortho nitro benzene ring substituents is 1. The number of nitro benzene ring substituents is 1. The van der Waals surface area contributed by atoms with Gasteiger partial charge in [0.15, 0.2) is 5.78 Å². The fourth-order valence-corrected chi connectivity index (χ4v) is 1.52. The molecule has 0 amide bonds. The molecule has 1 rings (SSSR count). The van der Waals surface area contributed by atoms with Crippen LogP contribution in [0.1, 0.15) is 18.9 Å². The molecule has 0 aromatic heterocycles. The van der Waals surface area contributed by atoms with Gasteiger partial charge in [0.25, 0.3) is 5.69 Å². The van der Waals surface area contributed by atoms with Crippen molar-refractivity contribution in [2.24, 2.45) is 0 Å². The van der Waals surface area contributed by atoms with Gasteiger partial charge in [-0.2, -0.15) is 0 Å². The molecule has 0 atom stereocenters. The quantitative estimate of drug-likeness (QED) is 0.179. The Balaban J connectivity index is 2.43. The number of benzene rings is 1. The van der Waals surface area contributed by atoms with Crippen molar-refractivity contribution in [3.63, 3.8) is 0 Å². The summed E-state index contributed by atoms with van der Waals surface area (Å²) in [5.74, 6) is -1.74. The highest BCUT2D eigenvalue weighted by Gasteiger charge is 2.09. The van der Waals surface area contributed by atoms with Crippen LogP contribution in [0.25, 0.3) is 6.08 Å². The van der Waals surface area contributed by atoms with E-state index in [2.05, 4.69) is 4.74 Å². The van der Waals surface area contributed by atoms with Crippen LogP contribution in [-0.4, -0.2) is 35.9 Å². The van der Waals surface area contributed by atoms with Crippen LogP contribution in [0.2, 0.25) is 0 Å². The van der Waals surface area contributed by atoms with E-state index in [0.717, 1.165) is 6.08 Å². The molecular formula is C15H15NO7. The average molecular weight is 321 g/mol. The van der Waals surface area contributed by atoms with Crippen molar-refractivity contribution < 1.29 is 28.8 Å². The fraction of sp³-hybridized carbons (Fsp3) is 0.267. The normalized spacial score (nSPS) is 10.3. The Labute approximate surface area is 131 Å². The van der Waals surface area contributed by atoms with Crippen LogP contribution in [0.15, 0.2) is 30.3 Å². The molecule has 0 saturated heterocycles. The summed E-state index contributed by atoms with van der Waals surface area (Å²) in [4.78, 5) is 43.5. The summed E-state index contributed by atoms with van der Waals surface area (Å²) in [7, 11) is 0. The summed E-state index contributed by atoms with van der Waals surface area (Å²) in [6.45, 7) is 1.03. The van der Waals surface area contributed by atoms with Gasteiger partial charge < -0.3 is 9.47 Å². The van der Waals surface area contributed by atoms with Gasteiger partial charge in [0, 0.05) is 19.1 Å². The second-order valence-electron chi connectivity index (χ2n) is 4.39. The molecule has 0 aliphatic heterocycles. The Morgan fingerprint density at radius 1 is 1.22 bits per heavy atom. The van der Waals surface area contributed by atoms with E-state index in [4.69, 9.17) is 4.74 Å². The largest absolute Gasteiger partial charge is 0.462 e. The number of allylic oxidation sites excluding steroid dienone is 1. The Morgan fingerprint density at radius 2 is 1.91 bits per heavy atom. The second kappa shape index (κ2) is 9.08. The van der Waals surface area contributed by atoms with Crippen molar-refractivity contribution in [3.8, 4) is 0 Å². The SMILES string of the molecule is CC(=O)OCCOC(=O)CC(=O)C=Cc1cccc([N+](=O)[O-])c1. The summed E-state index contributed by atoms with van der Waals surface area (Å²) in [5.41, 5.74) is 0.375. The predicted molar refractivity (Wildman–Crippen MR) is 79.3 cm³/mol. The zero-order valence-electron chi connectivity index (χ0n) is 12.4. The average Bonchev–Trinajstić information content (AvgIpc) is 2.49. The van der Waals surface area contributed by atoms with Gasteiger partial charge in [0.1, 0.15) is 19.6 Å². The lowest BCUT2D eigenvalue weighted by molar-refractivity contribution is -0.384. The molecule has 0 fully saturated rings. The lowest BCUT2D eigenvalue weighted by atomic mass is 10.1. The van der Waals surface area contributed by atoms with Gasteiger partial charge in [0.2, 0.25) is 0 Å². The van der Waals surface area contributed by atoms with Crippen molar-refractivity contribution in [1.82, 2.24) is 0 Å². The Bertz CT molecular complexity index is 636. The molecule has 0 heterocycles. The lowest BCUT2D eigenvalue weighted by Gasteiger charge is -2.03. The molecule has 122 valence electrons. The molecule has 0 saturated carbocycles. The monoisotopic (exact) mass is 321 g/mol. The molecule has 0 spiro atoms. The van der Waals surface area contributed by atoms with Crippen LogP contribution in [0.3, 0.4) is 0 Å². The number of carbonyl (C=O) groups is 3. The minimum atomic E-state index is -0.745. The lowest BCUT2D eigenvalue weighted by Crippen LogP contribution is -2.14. The summed E-state index contributed by atoms with van der Waals surface area (Å²) >= 11 is 0. The number of nitrogens with zero attached hydrogens (tertiary/aromatic N) is 1. The van der Waals surface area contributed by atoms with E-state index in [-0.39, 0.29) is 18.9 Å². The Morgan fingerprint density at radius 3 is 2.57 bits per heavy atom. The van der Waals surface area contributed by atoms with Crippen LogP contribution in [0, 0.1) is 10.1 Å². The Kier molecular flexibility index (Phi) is 7.12. The number of ketones is 1. The van der Waals surface area contributed by atoms with Crippen LogP contribution in [-0.2, 0) is 23.9 Å². The van der Waals surface area contributed by atoms with Crippen molar-refractivity contribution in [2.45, 2.75) is 13.3 Å². The van der Waals surface area contributed by atoms with Gasteiger partial charge in [-0.25, -0.2) is 0 Å². The van der Waals surface area contributed by atoms with E-state index in [1.54, 1.807) is 6.07 Å². The number of hydrogen-bond acceptors (Lipinski definition) is 7. The zero-order valence-corrected chi connectivity index (χ0v) is 12.4. The molecule has 0 radical (unpaired) electrons. The molecule has 1 aromatic rings. The second-order valence-corrected chi connectivity index (χ2v) is 4.39. The molecule has 8 heteroatoms. The third-order valence-corrected chi connectivity index (χ3v) is 2.51. The first-order valence-electron chi connectivity index (χ1n) is 6.63. The number of carbonyl (C=O) groups excluding carboxylic acids is 3. The Hall–Kier alpha value is -3.03. The number of ether oxygens (including phenoxy) is 2. The van der Waals surface area contributed by atoms with Crippen molar-refractivity contribution in [3.05, 3.63) is 46.0 Å². The molecule has 0 N–H and O–H groups in total. The maximum atomic E-state index is 11.6. The molecule has 0 bridgehead atoms. The first-order chi connectivity index (χ1) is 10.9. The van der Waals surface area contributed by atoms with Crippen LogP contribution in [0.4, 0.5) is 5.69 Å². The minimum absolute atomic E-state index is 0.0706. The third kappa shape index (κ3) is 7.51. The molecule has 0 unspecified atom stereocenters. The molecule has 0 aliphatic carbocycles. The standard InChI is InChI=1S/C15H15NO7/c1-11(17)22-7-8-23-15(19)10-14(18)6-5-12-3-2-4-13(9-12)16(20)21/h2-6,9H,7-8,10H2,1H3. The first kappa shape index (κ1) is 18.0. The van der Waals surface area contributed by atoms with Crippen LogP contribution in [0.5, 0.6) is 0 Å². The molecule has 8 nitrogen and oxygen atoms in total. The van der Waals surface area contributed by atoms with Gasteiger partial charge in [-0.05, 0) is 11.6 Å². The fourth-order valence-electron chi connectivity index (χ4n) is 1.52. The number of esters is 2. The van der Waals surface area contributed by atoms with Gasteiger partial charge in [-0.1, -0.05) is 18.2 Å². The zero-order chi connectivity index (χ0) is 17.2. The van der Waals surface area contributed by atoms with Gasteiger partial charge in [0.05, 0.1) is 4.92 Å². The number of rotatable bonds is 8. The smallest absolute Gasteiger partial charge is 0.313 e. The van der Waals surface area contributed by atoms with E-state index in [1.165, 1.54) is 31.2 Å². The highest BCUT2D eigenvalue weighted by molar-refractivity contribution is 6.03. The first-order valence-corrected chi connectivity index (χ1v) is 6.63. The molecule has 0 aliphatic rings. The maximum absolute atomic E-state index is 11.6. The van der Waals surface area contributed by atoms with E-state index < -0.39 is 29.1 Å². The van der Waals surface area contributed by atoms with Crippen LogP contribution < -0.4 is 0 Å². The third-order valence-electron chi connectivity index (χ3n) is 2.51. The molecular weight excluding hydrogens is 306 g/mol. The summed E-state index contributed by atoms with van der Waals surface area (Å²) in [6, 6.07) is 5.72. The topological polar surface area (TPSA) is 113 Å². The maximum Gasteiger partial charge on any atom is 0.313 e. The number of nitro groups is 1. The number of hydrogen-bond donors (Lipinski definition) is 0. The van der Waals surface area contributed by atoms with Crippen molar-refractivity contribution >= 4 is 29.5 Å². The van der Waals surface area contributed by atoms with E-state index in [0.29, 0.717) is 5.56 Å².